The second kappa shape index (κ2) is 7.66. The lowest BCUT2D eigenvalue weighted by Gasteiger charge is -2.15. The highest BCUT2D eigenvalue weighted by Crippen LogP contribution is 2.36. The molecule has 1 unspecified atom stereocenters. The first kappa shape index (κ1) is 16.9. The molecule has 1 atom stereocenters. The van der Waals surface area contributed by atoms with E-state index < -0.39 is 0 Å². The summed E-state index contributed by atoms with van der Waals surface area (Å²) < 4.78 is 7.68. The average Bonchev–Trinajstić information content (AvgIpc) is 2.45. The Balaban J connectivity index is 2.27. The highest BCUT2D eigenvalue weighted by atomic mass is 79.9. The van der Waals surface area contributed by atoms with Gasteiger partial charge in [0, 0.05) is 4.47 Å². The molecular formula is C17H17Br2ClO. The van der Waals surface area contributed by atoms with Crippen LogP contribution in [0.2, 0.25) is 0 Å². The van der Waals surface area contributed by atoms with Crippen LogP contribution in [0.3, 0.4) is 0 Å². The first-order chi connectivity index (χ1) is 10.0. The molecule has 0 aromatic heterocycles. The van der Waals surface area contributed by atoms with Gasteiger partial charge in [0.25, 0.3) is 0 Å². The Hall–Kier alpha value is -0.510. The lowest BCUT2D eigenvalue weighted by Crippen LogP contribution is -1.99. The van der Waals surface area contributed by atoms with Crippen LogP contribution in [0, 0.1) is 6.92 Å². The van der Waals surface area contributed by atoms with Crippen LogP contribution in [0.25, 0.3) is 0 Å². The van der Waals surface area contributed by atoms with Crippen LogP contribution < -0.4 is 4.74 Å². The van der Waals surface area contributed by atoms with E-state index in [1.54, 1.807) is 0 Å². The van der Waals surface area contributed by atoms with Gasteiger partial charge in [0.1, 0.15) is 5.75 Å². The van der Waals surface area contributed by atoms with E-state index >= 15 is 0 Å². The second-order valence-electron chi connectivity index (χ2n) is 4.90. The monoisotopic (exact) mass is 430 g/mol. The summed E-state index contributed by atoms with van der Waals surface area (Å²) in [5.41, 5.74) is 3.35. The van der Waals surface area contributed by atoms with Gasteiger partial charge in [0.2, 0.25) is 0 Å². The Morgan fingerprint density at radius 3 is 2.52 bits per heavy atom. The highest BCUT2D eigenvalue weighted by Gasteiger charge is 2.15. The number of rotatable bonds is 5. The zero-order valence-electron chi connectivity index (χ0n) is 12.0. The lowest BCUT2D eigenvalue weighted by molar-refractivity contribution is 0.315. The van der Waals surface area contributed by atoms with Crippen molar-refractivity contribution in [1.29, 1.82) is 0 Å². The maximum Gasteiger partial charge on any atom is 0.133 e. The van der Waals surface area contributed by atoms with Crippen molar-refractivity contribution in [2.24, 2.45) is 0 Å². The summed E-state index contributed by atoms with van der Waals surface area (Å²) in [5, 5.41) is -0.172. The number of halogens is 3. The Kier molecular flexibility index (Phi) is 6.15. The van der Waals surface area contributed by atoms with Gasteiger partial charge < -0.3 is 4.74 Å². The highest BCUT2D eigenvalue weighted by molar-refractivity contribution is 9.10. The minimum atomic E-state index is -0.172. The van der Waals surface area contributed by atoms with Crippen LogP contribution in [0.5, 0.6) is 5.75 Å². The molecule has 0 saturated carbocycles. The molecular weight excluding hydrogens is 415 g/mol. The summed E-state index contributed by atoms with van der Waals surface area (Å²) in [6.07, 6.45) is 0.990. The third kappa shape index (κ3) is 4.24. The summed E-state index contributed by atoms with van der Waals surface area (Å²) in [7, 11) is 0. The molecule has 0 radical (unpaired) electrons. The lowest BCUT2D eigenvalue weighted by atomic mass is 10.00. The SMILES string of the molecule is CCCOc1ccc(C(Cl)c2ccc(Br)cc2C)cc1Br. The van der Waals surface area contributed by atoms with E-state index in [2.05, 4.69) is 57.8 Å². The molecule has 0 bridgehead atoms. The molecule has 0 aliphatic heterocycles. The van der Waals surface area contributed by atoms with Crippen molar-refractivity contribution in [1.82, 2.24) is 0 Å². The van der Waals surface area contributed by atoms with Crippen LogP contribution in [0.1, 0.15) is 35.4 Å². The largest absolute Gasteiger partial charge is 0.492 e. The van der Waals surface area contributed by atoms with Gasteiger partial charge in [-0.15, -0.1) is 11.6 Å². The number of aryl methyl sites for hydroxylation is 1. The Labute approximate surface area is 147 Å². The van der Waals surface area contributed by atoms with Crippen molar-refractivity contribution in [3.63, 3.8) is 0 Å². The minimum Gasteiger partial charge on any atom is -0.492 e. The molecule has 21 heavy (non-hydrogen) atoms. The zero-order valence-corrected chi connectivity index (χ0v) is 15.9. The molecule has 0 spiro atoms. The van der Waals surface area contributed by atoms with Crippen molar-refractivity contribution in [2.45, 2.75) is 25.6 Å². The molecule has 0 heterocycles. The standard InChI is InChI=1S/C17H17Br2ClO/c1-3-8-21-16-7-4-12(10-15(16)19)17(20)14-6-5-13(18)9-11(14)2/h4-7,9-10,17H,3,8H2,1-2H3. The number of alkyl halides is 1. The molecule has 0 aliphatic carbocycles. The maximum absolute atomic E-state index is 6.64. The van der Waals surface area contributed by atoms with Crippen LogP contribution in [-0.4, -0.2) is 6.61 Å². The average molecular weight is 433 g/mol. The number of hydrogen-bond donors (Lipinski definition) is 0. The van der Waals surface area contributed by atoms with Gasteiger partial charge in [0.05, 0.1) is 16.5 Å². The van der Waals surface area contributed by atoms with E-state index in [1.165, 1.54) is 5.56 Å². The second-order valence-corrected chi connectivity index (χ2v) is 7.11. The summed E-state index contributed by atoms with van der Waals surface area (Å²) in [6.45, 7) is 4.88. The van der Waals surface area contributed by atoms with E-state index in [1.807, 2.05) is 24.3 Å². The predicted octanol–water partition coefficient (Wildman–Crippen LogP) is 6.64. The van der Waals surface area contributed by atoms with E-state index in [9.17, 15) is 0 Å². The van der Waals surface area contributed by atoms with Crippen molar-refractivity contribution in [3.05, 3.63) is 62.0 Å². The fraction of sp³-hybridized carbons (Fsp3) is 0.294. The van der Waals surface area contributed by atoms with Crippen molar-refractivity contribution in [2.75, 3.05) is 6.61 Å². The summed E-state index contributed by atoms with van der Waals surface area (Å²) in [5.74, 6) is 0.858. The van der Waals surface area contributed by atoms with Gasteiger partial charge in [-0.3, -0.25) is 0 Å². The van der Waals surface area contributed by atoms with Gasteiger partial charge in [0.15, 0.2) is 0 Å². The fourth-order valence-corrected chi connectivity index (χ4v) is 3.47. The Bertz CT molecular complexity index is 628. The maximum atomic E-state index is 6.64. The molecule has 2 rings (SSSR count). The van der Waals surface area contributed by atoms with Gasteiger partial charge >= 0.3 is 0 Å². The normalized spacial score (nSPS) is 12.2. The molecule has 4 heteroatoms. The molecule has 112 valence electrons. The van der Waals surface area contributed by atoms with Crippen molar-refractivity contribution >= 4 is 43.5 Å². The molecule has 2 aromatic rings. The Morgan fingerprint density at radius 2 is 1.90 bits per heavy atom. The first-order valence-corrected chi connectivity index (χ1v) is 8.87. The smallest absolute Gasteiger partial charge is 0.133 e. The van der Waals surface area contributed by atoms with Gasteiger partial charge in [-0.25, -0.2) is 0 Å². The van der Waals surface area contributed by atoms with E-state index in [-0.39, 0.29) is 5.38 Å². The minimum absolute atomic E-state index is 0.172. The van der Waals surface area contributed by atoms with E-state index in [4.69, 9.17) is 16.3 Å². The summed E-state index contributed by atoms with van der Waals surface area (Å²) in [4.78, 5) is 0. The number of ether oxygens (including phenoxy) is 1. The van der Waals surface area contributed by atoms with Crippen LogP contribution in [-0.2, 0) is 0 Å². The first-order valence-electron chi connectivity index (χ1n) is 6.85. The third-order valence-electron chi connectivity index (χ3n) is 3.22. The van der Waals surface area contributed by atoms with Crippen molar-refractivity contribution < 1.29 is 4.74 Å². The molecule has 0 aliphatic rings. The van der Waals surface area contributed by atoms with Crippen LogP contribution in [0.15, 0.2) is 45.3 Å². The predicted molar refractivity (Wildman–Crippen MR) is 96.5 cm³/mol. The summed E-state index contributed by atoms with van der Waals surface area (Å²) >= 11 is 13.7. The third-order valence-corrected chi connectivity index (χ3v) is 4.82. The summed E-state index contributed by atoms with van der Waals surface area (Å²) in [6, 6.07) is 12.2. The van der Waals surface area contributed by atoms with Gasteiger partial charge in [-0.1, -0.05) is 35.0 Å². The molecule has 0 fully saturated rings. The molecule has 0 saturated heterocycles. The topological polar surface area (TPSA) is 9.23 Å². The van der Waals surface area contributed by atoms with Crippen molar-refractivity contribution in [3.8, 4) is 5.75 Å². The van der Waals surface area contributed by atoms with Gasteiger partial charge in [-0.05, 0) is 70.2 Å². The fourth-order valence-electron chi connectivity index (χ4n) is 2.11. The number of hydrogen-bond acceptors (Lipinski definition) is 1. The number of benzene rings is 2. The zero-order chi connectivity index (χ0) is 15.4. The quantitative estimate of drug-likeness (QED) is 0.482. The molecule has 0 N–H and O–H groups in total. The van der Waals surface area contributed by atoms with Crippen LogP contribution in [0.4, 0.5) is 0 Å². The van der Waals surface area contributed by atoms with E-state index in [0.717, 1.165) is 32.2 Å². The molecule has 2 aromatic carbocycles. The molecule has 1 nitrogen and oxygen atoms in total. The Morgan fingerprint density at radius 1 is 1.14 bits per heavy atom. The van der Waals surface area contributed by atoms with Gasteiger partial charge in [-0.2, -0.15) is 0 Å². The van der Waals surface area contributed by atoms with E-state index in [0.29, 0.717) is 6.61 Å². The molecule has 0 amide bonds. The van der Waals surface area contributed by atoms with Crippen LogP contribution >= 0.6 is 43.5 Å².